The monoisotopic (exact) mass is 495 g/mol. The summed E-state index contributed by atoms with van der Waals surface area (Å²) in [6.07, 6.45) is 10.0. The molecule has 3 N–H and O–H groups in total. The SMILES string of the molecule is CC1(C)CC(=O)c2ccoc2C1.CC1(C)Cc2occc2C(N)C1.CC1(C)Cc2occc2C(O)C1. The third-order valence-electron chi connectivity index (χ3n) is 7.44. The van der Waals surface area contributed by atoms with Crippen LogP contribution in [0.25, 0.3) is 0 Å². The van der Waals surface area contributed by atoms with Crippen LogP contribution in [0.2, 0.25) is 0 Å². The molecule has 0 radical (unpaired) electrons. The first kappa shape index (κ1) is 26.5. The summed E-state index contributed by atoms with van der Waals surface area (Å²) in [6.45, 7) is 13.0. The second-order valence-electron chi connectivity index (χ2n) is 13.0. The summed E-state index contributed by atoms with van der Waals surface area (Å²) in [4.78, 5) is 11.5. The van der Waals surface area contributed by atoms with Crippen molar-refractivity contribution in [2.45, 2.75) is 92.2 Å². The van der Waals surface area contributed by atoms with Gasteiger partial charge in [-0.15, -0.1) is 0 Å². The number of carbonyl (C=O) groups excluding carboxylic acids is 1. The maximum Gasteiger partial charge on any atom is 0.166 e. The summed E-state index contributed by atoms with van der Waals surface area (Å²) >= 11 is 0. The molecule has 36 heavy (non-hydrogen) atoms. The highest BCUT2D eigenvalue weighted by Crippen LogP contribution is 2.41. The molecule has 3 heterocycles. The molecule has 0 bridgehead atoms. The van der Waals surface area contributed by atoms with E-state index in [0.29, 0.717) is 11.8 Å². The number of furan rings is 3. The van der Waals surface area contributed by atoms with E-state index >= 15 is 0 Å². The minimum atomic E-state index is -0.331. The summed E-state index contributed by atoms with van der Waals surface area (Å²) in [7, 11) is 0. The summed E-state index contributed by atoms with van der Waals surface area (Å²) in [5, 5.41) is 9.73. The number of fused-ring (bicyclic) bond motifs is 3. The molecule has 196 valence electrons. The molecule has 0 aromatic carbocycles. The maximum absolute atomic E-state index is 11.5. The molecule has 3 aliphatic carbocycles. The normalized spacial score (nSPS) is 24.7. The minimum absolute atomic E-state index is 0.0714. The number of ketones is 1. The van der Waals surface area contributed by atoms with Crippen LogP contribution in [0.5, 0.6) is 0 Å². The Hall–Kier alpha value is -2.57. The zero-order valence-corrected chi connectivity index (χ0v) is 22.5. The van der Waals surface area contributed by atoms with Gasteiger partial charge in [-0.2, -0.15) is 0 Å². The largest absolute Gasteiger partial charge is 0.469 e. The minimum Gasteiger partial charge on any atom is -0.469 e. The summed E-state index contributed by atoms with van der Waals surface area (Å²) in [5.41, 5.74) is 9.51. The summed E-state index contributed by atoms with van der Waals surface area (Å²) < 4.78 is 15.9. The number of hydrogen-bond donors (Lipinski definition) is 2. The third-order valence-corrected chi connectivity index (χ3v) is 7.44. The average molecular weight is 496 g/mol. The van der Waals surface area contributed by atoms with Gasteiger partial charge < -0.3 is 24.1 Å². The predicted octanol–water partition coefficient (Wildman–Crippen LogP) is 6.97. The first-order valence-electron chi connectivity index (χ1n) is 12.9. The average Bonchev–Trinajstić information content (AvgIpc) is 3.46. The molecule has 0 fully saturated rings. The Labute approximate surface area is 214 Å². The molecular formula is C30H41NO5. The molecule has 6 nitrogen and oxygen atoms in total. The number of carbonyl (C=O) groups is 1. The van der Waals surface area contributed by atoms with E-state index in [1.165, 1.54) is 5.56 Å². The van der Waals surface area contributed by atoms with E-state index in [-0.39, 0.29) is 28.8 Å². The highest BCUT2D eigenvalue weighted by molar-refractivity contribution is 5.98. The van der Waals surface area contributed by atoms with Crippen LogP contribution < -0.4 is 5.73 Å². The van der Waals surface area contributed by atoms with E-state index in [2.05, 4.69) is 41.5 Å². The fourth-order valence-corrected chi connectivity index (χ4v) is 5.72. The topological polar surface area (TPSA) is 103 Å². The zero-order chi connectivity index (χ0) is 26.3. The van der Waals surface area contributed by atoms with Crippen molar-refractivity contribution in [3.8, 4) is 0 Å². The zero-order valence-electron chi connectivity index (χ0n) is 22.5. The number of Topliss-reactive ketones (excluding diaryl/α,β-unsaturated/α-hetero) is 1. The van der Waals surface area contributed by atoms with Crippen LogP contribution in [0.4, 0.5) is 0 Å². The lowest BCUT2D eigenvalue weighted by Gasteiger charge is -2.32. The van der Waals surface area contributed by atoms with Gasteiger partial charge in [-0.1, -0.05) is 41.5 Å². The van der Waals surface area contributed by atoms with Crippen LogP contribution in [0.1, 0.15) is 112 Å². The molecule has 0 spiro atoms. The number of aliphatic hydroxyl groups is 1. The maximum atomic E-state index is 11.5. The molecule has 0 amide bonds. The van der Waals surface area contributed by atoms with Gasteiger partial charge in [-0.05, 0) is 47.3 Å². The lowest BCUT2D eigenvalue weighted by molar-refractivity contribution is 0.0902. The highest BCUT2D eigenvalue weighted by Gasteiger charge is 2.34. The van der Waals surface area contributed by atoms with Crippen molar-refractivity contribution < 1.29 is 23.2 Å². The van der Waals surface area contributed by atoms with Gasteiger partial charge in [0.05, 0.1) is 30.5 Å². The fourth-order valence-electron chi connectivity index (χ4n) is 5.72. The van der Waals surface area contributed by atoms with Crippen molar-refractivity contribution in [3.63, 3.8) is 0 Å². The van der Waals surface area contributed by atoms with E-state index < -0.39 is 0 Å². The van der Waals surface area contributed by atoms with Crippen molar-refractivity contribution in [2.75, 3.05) is 0 Å². The molecule has 0 aliphatic heterocycles. The second kappa shape index (κ2) is 9.71. The van der Waals surface area contributed by atoms with Gasteiger partial charge in [0.15, 0.2) is 5.78 Å². The fraction of sp³-hybridized carbons (Fsp3) is 0.567. The van der Waals surface area contributed by atoms with Gasteiger partial charge in [-0.3, -0.25) is 4.79 Å². The smallest absolute Gasteiger partial charge is 0.166 e. The van der Waals surface area contributed by atoms with Crippen LogP contribution in [-0.2, 0) is 19.3 Å². The van der Waals surface area contributed by atoms with E-state index in [9.17, 15) is 9.90 Å². The van der Waals surface area contributed by atoms with Gasteiger partial charge in [0.1, 0.15) is 17.3 Å². The molecule has 0 saturated carbocycles. The standard InChI is InChI=1S/C10H15NO.C10H14O2.C10H12O2/c3*1-10(2)5-8(11)7-3-4-12-9(7)6-10/h3-4,8H,5-6,11H2,1-2H3;3-4,8,11H,5-6H2,1-2H3;3-4H,5-6H2,1-2H3. The Balaban J connectivity index is 0.000000127. The molecule has 6 heteroatoms. The van der Waals surface area contributed by atoms with Crippen molar-refractivity contribution in [1.29, 1.82) is 0 Å². The number of nitrogens with two attached hydrogens (primary N) is 1. The first-order chi connectivity index (χ1) is 16.8. The molecule has 3 aliphatic rings. The van der Waals surface area contributed by atoms with Gasteiger partial charge in [0.2, 0.25) is 0 Å². The van der Waals surface area contributed by atoms with Gasteiger partial charge >= 0.3 is 0 Å². The summed E-state index contributed by atoms with van der Waals surface area (Å²) in [6, 6.07) is 5.81. The molecule has 3 aromatic heterocycles. The number of hydrogen-bond acceptors (Lipinski definition) is 6. The Morgan fingerprint density at radius 2 is 1.22 bits per heavy atom. The lowest BCUT2D eigenvalue weighted by Crippen LogP contribution is -2.28. The van der Waals surface area contributed by atoms with E-state index in [0.717, 1.165) is 60.5 Å². The van der Waals surface area contributed by atoms with Crippen molar-refractivity contribution >= 4 is 5.78 Å². The van der Waals surface area contributed by atoms with Crippen LogP contribution in [0, 0.1) is 16.2 Å². The first-order valence-corrected chi connectivity index (χ1v) is 12.9. The van der Waals surface area contributed by atoms with Crippen LogP contribution in [-0.4, -0.2) is 10.9 Å². The van der Waals surface area contributed by atoms with E-state index in [4.69, 9.17) is 19.0 Å². The van der Waals surface area contributed by atoms with Gasteiger partial charge in [0, 0.05) is 42.9 Å². The number of aliphatic hydroxyl groups excluding tert-OH is 1. The molecule has 2 atom stereocenters. The molecule has 2 unspecified atom stereocenters. The Kier molecular flexibility index (Phi) is 7.15. The lowest BCUT2D eigenvalue weighted by atomic mass is 9.75. The van der Waals surface area contributed by atoms with Crippen molar-refractivity contribution in [3.05, 3.63) is 71.0 Å². The second-order valence-corrected chi connectivity index (χ2v) is 13.0. The highest BCUT2D eigenvalue weighted by atomic mass is 16.3. The van der Waals surface area contributed by atoms with Crippen molar-refractivity contribution in [1.82, 2.24) is 0 Å². The Bertz CT molecular complexity index is 1130. The summed E-state index contributed by atoms with van der Waals surface area (Å²) in [5.74, 6) is 3.11. The van der Waals surface area contributed by atoms with Gasteiger partial charge in [0.25, 0.3) is 0 Å². The van der Waals surface area contributed by atoms with Crippen molar-refractivity contribution in [2.24, 2.45) is 22.0 Å². The third kappa shape index (κ3) is 6.04. The molecule has 3 aromatic rings. The van der Waals surface area contributed by atoms with E-state index in [1.807, 2.05) is 12.1 Å². The predicted molar refractivity (Wildman–Crippen MR) is 139 cm³/mol. The van der Waals surface area contributed by atoms with Crippen LogP contribution >= 0.6 is 0 Å². The molecular weight excluding hydrogens is 454 g/mol. The van der Waals surface area contributed by atoms with Crippen LogP contribution in [0.15, 0.2) is 50.2 Å². The molecule has 6 rings (SSSR count). The quantitative estimate of drug-likeness (QED) is 0.349. The van der Waals surface area contributed by atoms with Crippen LogP contribution in [0.3, 0.4) is 0 Å². The van der Waals surface area contributed by atoms with E-state index in [1.54, 1.807) is 24.9 Å². The molecule has 0 saturated heterocycles. The number of rotatable bonds is 0. The van der Waals surface area contributed by atoms with Gasteiger partial charge in [-0.25, -0.2) is 0 Å². The Morgan fingerprint density at radius 3 is 1.89 bits per heavy atom. The Morgan fingerprint density at radius 1 is 0.722 bits per heavy atom.